The van der Waals surface area contributed by atoms with Crippen LogP contribution in [0.2, 0.25) is 0 Å². The molecule has 8 heteroatoms. The third kappa shape index (κ3) is 4.59. The van der Waals surface area contributed by atoms with Crippen LogP contribution in [0.15, 0.2) is 40.5 Å². The standard InChI is InChI=1S/C22H29N5O2S/c1-22(2,3)18-11-19(28)27-14-17(15-30-21(27)24-18)20(29)26-9-7-25(8-10-26)13-16-5-4-6-23-12-16/h4-6,11-12,17H,7-10,13-15H2,1-3H3. The maximum atomic E-state index is 13.1. The van der Waals surface area contributed by atoms with Crippen LogP contribution in [-0.4, -0.2) is 62.2 Å². The number of piperazine rings is 1. The summed E-state index contributed by atoms with van der Waals surface area (Å²) in [5.41, 5.74) is 1.77. The zero-order valence-corrected chi connectivity index (χ0v) is 18.7. The molecule has 4 heterocycles. The third-order valence-corrected chi connectivity index (χ3v) is 6.86. The lowest BCUT2D eigenvalue weighted by molar-refractivity contribution is -0.137. The van der Waals surface area contributed by atoms with E-state index >= 15 is 0 Å². The first-order valence-corrected chi connectivity index (χ1v) is 11.4. The highest BCUT2D eigenvalue weighted by atomic mass is 32.2. The summed E-state index contributed by atoms with van der Waals surface area (Å²) < 4.78 is 1.67. The van der Waals surface area contributed by atoms with Crippen molar-refractivity contribution >= 4 is 17.7 Å². The lowest BCUT2D eigenvalue weighted by Crippen LogP contribution is -2.51. The smallest absolute Gasteiger partial charge is 0.254 e. The Morgan fingerprint density at radius 1 is 1.23 bits per heavy atom. The van der Waals surface area contributed by atoms with Crippen LogP contribution in [0.1, 0.15) is 32.0 Å². The Balaban J connectivity index is 1.37. The van der Waals surface area contributed by atoms with Crippen molar-refractivity contribution in [3.63, 3.8) is 0 Å². The summed E-state index contributed by atoms with van der Waals surface area (Å²) in [6.07, 6.45) is 3.68. The van der Waals surface area contributed by atoms with E-state index in [0.717, 1.165) is 43.6 Å². The van der Waals surface area contributed by atoms with Crippen molar-refractivity contribution in [3.05, 3.63) is 52.2 Å². The second kappa shape index (κ2) is 8.51. The minimum Gasteiger partial charge on any atom is -0.340 e. The molecule has 2 aliphatic rings. The highest BCUT2D eigenvalue weighted by molar-refractivity contribution is 7.99. The fourth-order valence-electron chi connectivity index (χ4n) is 3.88. The largest absolute Gasteiger partial charge is 0.340 e. The fourth-order valence-corrected chi connectivity index (χ4v) is 4.96. The summed E-state index contributed by atoms with van der Waals surface area (Å²) in [5.74, 6) is 0.655. The van der Waals surface area contributed by atoms with Gasteiger partial charge in [-0.05, 0) is 11.6 Å². The van der Waals surface area contributed by atoms with E-state index in [1.807, 2.05) is 17.2 Å². The van der Waals surface area contributed by atoms with E-state index in [0.29, 0.717) is 12.3 Å². The SMILES string of the molecule is CC(C)(C)c1cc(=O)n2c(n1)SCC(C(=O)N1CCN(Cc3cccnc3)CC1)C2. The number of carbonyl (C=O) groups is 1. The van der Waals surface area contributed by atoms with Crippen LogP contribution < -0.4 is 5.56 Å². The molecule has 0 N–H and O–H groups in total. The molecular weight excluding hydrogens is 398 g/mol. The molecule has 0 bridgehead atoms. The molecule has 7 nitrogen and oxygen atoms in total. The Morgan fingerprint density at radius 3 is 2.67 bits per heavy atom. The van der Waals surface area contributed by atoms with Crippen LogP contribution in [0, 0.1) is 5.92 Å². The maximum Gasteiger partial charge on any atom is 0.254 e. The Kier molecular flexibility index (Phi) is 5.97. The number of rotatable bonds is 3. The number of fused-ring (bicyclic) bond motifs is 1. The van der Waals surface area contributed by atoms with Crippen LogP contribution >= 0.6 is 11.8 Å². The lowest BCUT2D eigenvalue weighted by atomic mass is 9.92. The van der Waals surface area contributed by atoms with E-state index < -0.39 is 0 Å². The zero-order valence-electron chi connectivity index (χ0n) is 17.9. The van der Waals surface area contributed by atoms with Crippen LogP contribution in [0.25, 0.3) is 0 Å². The number of hydrogen-bond donors (Lipinski definition) is 0. The molecule has 0 spiro atoms. The van der Waals surface area contributed by atoms with Crippen LogP contribution in [0.5, 0.6) is 0 Å². The normalized spacial score (nSPS) is 20.1. The van der Waals surface area contributed by atoms with Gasteiger partial charge >= 0.3 is 0 Å². The molecule has 0 saturated carbocycles. The molecule has 4 rings (SSSR count). The van der Waals surface area contributed by atoms with Gasteiger partial charge < -0.3 is 4.90 Å². The second-order valence-electron chi connectivity index (χ2n) is 9.09. The molecular formula is C22H29N5O2S. The molecule has 2 aliphatic heterocycles. The Labute approximate surface area is 181 Å². The molecule has 0 radical (unpaired) electrons. The summed E-state index contributed by atoms with van der Waals surface area (Å²) in [7, 11) is 0. The molecule has 1 fully saturated rings. The highest BCUT2D eigenvalue weighted by Crippen LogP contribution is 2.29. The first-order chi connectivity index (χ1) is 14.3. The van der Waals surface area contributed by atoms with Crippen molar-refractivity contribution < 1.29 is 4.79 Å². The van der Waals surface area contributed by atoms with E-state index in [4.69, 9.17) is 4.98 Å². The Morgan fingerprint density at radius 2 is 2.00 bits per heavy atom. The van der Waals surface area contributed by atoms with Crippen molar-refractivity contribution in [2.75, 3.05) is 31.9 Å². The number of nitrogens with zero attached hydrogens (tertiary/aromatic N) is 5. The summed E-state index contributed by atoms with van der Waals surface area (Å²) >= 11 is 1.52. The Bertz CT molecular complexity index is 962. The van der Waals surface area contributed by atoms with Crippen LogP contribution in [0.3, 0.4) is 0 Å². The molecule has 1 unspecified atom stereocenters. The molecule has 1 amide bonds. The van der Waals surface area contributed by atoms with Gasteiger partial charge in [-0.2, -0.15) is 0 Å². The monoisotopic (exact) mass is 427 g/mol. The zero-order chi connectivity index (χ0) is 21.3. The van der Waals surface area contributed by atoms with E-state index in [1.165, 1.54) is 17.3 Å². The lowest BCUT2D eigenvalue weighted by Gasteiger charge is -2.37. The number of pyridine rings is 1. The maximum absolute atomic E-state index is 13.1. The van der Waals surface area contributed by atoms with Gasteiger partial charge in [0.05, 0.1) is 11.6 Å². The van der Waals surface area contributed by atoms with Gasteiger partial charge in [-0.3, -0.25) is 24.0 Å². The van der Waals surface area contributed by atoms with Gasteiger partial charge in [0.15, 0.2) is 5.16 Å². The van der Waals surface area contributed by atoms with Gasteiger partial charge in [-0.25, -0.2) is 4.98 Å². The minimum atomic E-state index is -0.174. The van der Waals surface area contributed by atoms with E-state index in [9.17, 15) is 9.59 Å². The summed E-state index contributed by atoms with van der Waals surface area (Å²) in [6.45, 7) is 10.6. The third-order valence-electron chi connectivity index (χ3n) is 5.72. The molecule has 2 aromatic rings. The van der Waals surface area contributed by atoms with E-state index in [-0.39, 0.29) is 22.8 Å². The first kappa shape index (κ1) is 21.1. The van der Waals surface area contributed by atoms with Gasteiger partial charge in [0.1, 0.15) is 0 Å². The fraction of sp³-hybridized carbons (Fsp3) is 0.545. The predicted octanol–water partition coefficient (Wildman–Crippen LogP) is 2.00. The molecule has 160 valence electrons. The van der Waals surface area contributed by atoms with Crippen LogP contribution in [-0.2, 0) is 23.3 Å². The van der Waals surface area contributed by atoms with Crippen molar-refractivity contribution in [3.8, 4) is 0 Å². The van der Waals surface area contributed by atoms with Crippen molar-refractivity contribution in [2.24, 2.45) is 5.92 Å². The number of amides is 1. The van der Waals surface area contributed by atoms with Crippen LogP contribution in [0.4, 0.5) is 0 Å². The summed E-state index contributed by atoms with van der Waals surface area (Å²) in [5, 5.41) is 0.734. The van der Waals surface area contributed by atoms with E-state index in [2.05, 4.69) is 36.7 Å². The van der Waals surface area contributed by atoms with Gasteiger partial charge in [0.25, 0.3) is 5.56 Å². The second-order valence-corrected chi connectivity index (χ2v) is 10.1. The molecule has 1 saturated heterocycles. The molecule has 1 atom stereocenters. The number of thioether (sulfide) groups is 1. The number of carbonyl (C=O) groups excluding carboxylic acids is 1. The van der Waals surface area contributed by atoms with Gasteiger partial charge in [0.2, 0.25) is 5.91 Å². The Hall–Kier alpha value is -2.19. The van der Waals surface area contributed by atoms with Gasteiger partial charge in [0, 0.05) is 68.9 Å². The molecule has 0 aliphatic carbocycles. The van der Waals surface area contributed by atoms with Gasteiger partial charge in [-0.1, -0.05) is 38.6 Å². The molecule has 30 heavy (non-hydrogen) atoms. The minimum absolute atomic E-state index is 0.0591. The quantitative estimate of drug-likeness (QED) is 0.698. The van der Waals surface area contributed by atoms with Crippen molar-refractivity contribution in [1.82, 2.24) is 24.3 Å². The van der Waals surface area contributed by atoms with Gasteiger partial charge in [-0.15, -0.1) is 0 Å². The number of hydrogen-bond acceptors (Lipinski definition) is 6. The number of aromatic nitrogens is 3. The predicted molar refractivity (Wildman–Crippen MR) is 118 cm³/mol. The van der Waals surface area contributed by atoms with Crippen molar-refractivity contribution in [1.29, 1.82) is 0 Å². The topological polar surface area (TPSA) is 71.3 Å². The average Bonchev–Trinajstić information content (AvgIpc) is 2.73. The van der Waals surface area contributed by atoms with Crippen molar-refractivity contribution in [2.45, 2.75) is 44.4 Å². The summed E-state index contributed by atoms with van der Waals surface area (Å²) in [4.78, 5) is 39.0. The first-order valence-electron chi connectivity index (χ1n) is 10.5. The summed E-state index contributed by atoms with van der Waals surface area (Å²) in [6, 6.07) is 5.65. The molecule has 2 aromatic heterocycles. The highest BCUT2D eigenvalue weighted by Gasteiger charge is 2.32. The average molecular weight is 428 g/mol. The molecule has 0 aromatic carbocycles. The van der Waals surface area contributed by atoms with E-state index in [1.54, 1.807) is 16.8 Å².